The molecular formula is C9H8ClNS. The molecule has 0 unspecified atom stereocenters. The predicted molar refractivity (Wildman–Crippen MR) is 56.2 cm³/mol. The summed E-state index contributed by atoms with van der Waals surface area (Å²) >= 11 is 11.0. The molecule has 0 N–H and O–H groups in total. The normalized spacial score (nSPS) is 15.2. The van der Waals surface area contributed by atoms with Crippen molar-refractivity contribution < 1.29 is 0 Å². The maximum absolute atomic E-state index is 5.86. The lowest BCUT2D eigenvalue weighted by Gasteiger charge is -2.11. The lowest BCUT2D eigenvalue weighted by Crippen LogP contribution is -2.18. The summed E-state index contributed by atoms with van der Waals surface area (Å²) in [5.74, 6) is 0. The van der Waals surface area contributed by atoms with E-state index in [0.29, 0.717) is 0 Å². The van der Waals surface area contributed by atoms with Gasteiger partial charge in [-0.3, -0.25) is 0 Å². The fraction of sp³-hybridized carbons (Fsp3) is 0.222. The molecule has 1 aliphatic heterocycles. The van der Waals surface area contributed by atoms with Gasteiger partial charge in [0.2, 0.25) is 0 Å². The van der Waals surface area contributed by atoms with Crippen LogP contribution in [0.3, 0.4) is 0 Å². The number of hydrogen-bond acceptors (Lipinski definition) is 1. The Kier molecular flexibility index (Phi) is 1.81. The highest BCUT2D eigenvalue weighted by atomic mass is 35.5. The zero-order chi connectivity index (χ0) is 8.72. The molecule has 1 aromatic rings. The molecule has 2 rings (SSSR count). The topological polar surface area (TPSA) is 3.24 Å². The minimum absolute atomic E-state index is 0.784. The van der Waals surface area contributed by atoms with Gasteiger partial charge in [0.25, 0.3) is 0 Å². The van der Waals surface area contributed by atoms with E-state index in [0.717, 1.165) is 16.4 Å². The Morgan fingerprint density at radius 2 is 2.25 bits per heavy atom. The van der Waals surface area contributed by atoms with Gasteiger partial charge in [0.05, 0.1) is 4.99 Å². The van der Waals surface area contributed by atoms with E-state index in [1.54, 1.807) is 0 Å². The minimum Gasteiger partial charge on any atom is -0.339 e. The fourth-order valence-corrected chi connectivity index (χ4v) is 1.89. The molecule has 62 valence electrons. The number of fused-ring (bicyclic) bond motifs is 1. The highest BCUT2D eigenvalue weighted by Crippen LogP contribution is 2.30. The Labute approximate surface area is 81.9 Å². The third-order valence-corrected chi connectivity index (χ3v) is 2.77. The van der Waals surface area contributed by atoms with Gasteiger partial charge in [0.1, 0.15) is 0 Å². The molecule has 0 fully saturated rings. The van der Waals surface area contributed by atoms with E-state index in [-0.39, 0.29) is 0 Å². The second-order valence-electron chi connectivity index (χ2n) is 2.90. The van der Waals surface area contributed by atoms with Crippen LogP contribution in [0.2, 0.25) is 5.02 Å². The molecule has 0 atom stereocenters. The average Bonchev–Trinajstić information content (AvgIpc) is 2.28. The standard InChI is InChI=1S/C9H8ClNS/c1-11-8-3-2-7(10)4-6(8)5-9(11)12/h2-4H,5H2,1H3. The third kappa shape index (κ3) is 1.11. The van der Waals surface area contributed by atoms with Gasteiger partial charge in [-0.1, -0.05) is 23.8 Å². The van der Waals surface area contributed by atoms with Crippen molar-refractivity contribution in [2.75, 3.05) is 11.9 Å². The van der Waals surface area contributed by atoms with Crippen LogP contribution in [0.5, 0.6) is 0 Å². The molecule has 1 heterocycles. The highest BCUT2D eigenvalue weighted by Gasteiger charge is 2.20. The van der Waals surface area contributed by atoms with Crippen molar-refractivity contribution in [2.45, 2.75) is 6.42 Å². The largest absolute Gasteiger partial charge is 0.339 e. The summed E-state index contributed by atoms with van der Waals surface area (Å²) in [4.78, 5) is 2.99. The second-order valence-corrected chi connectivity index (χ2v) is 3.81. The fourth-order valence-electron chi connectivity index (χ4n) is 1.44. The van der Waals surface area contributed by atoms with Crippen LogP contribution >= 0.6 is 23.8 Å². The minimum atomic E-state index is 0.784. The van der Waals surface area contributed by atoms with Crippen LogP contribution in [0.4, 0.5) is 5.69 Å². The van der Waals surface area contributed by atoms with Gasteiger partial charge in [-0.05, 0) is 23.8 Å². The van der Waals surface area contributed by atoms with Gasteiger partial charge in [-0.2, -0.15) is 0 Å². The smallest absolute Gasteiger partial charge is 0.0866 e. The zero-order valence-corrected chi connectivity index (χ0v) is 8.25. The van der Waals surface area contributed by atoms with Crippen LogP contribution in [0.1, 0.15) is 5.56 Å². The maximum Gasteiger partial charge on any atom is 0.0866 e. The van der Waals surface area contributed by atoms with Gasteiger partial charge >= 0.3 is 0 Å². The van der Waals surface area contributed by atoms with E-state index in [4.69, 9.17) is 23.8 Å². The predicted octanol–water partition coefficient (Wildman–Crippen LogP) is 2.66. The van der Waals surface area contributed by atoms with Gasteiger partial charge in [-0.15, -0.1) is 0 Å². The van der Waals surface area contributed by atoms with Crippen LogP contribution in [-0.2, 0) is 6.42 Å². The Morgan fingerprint density at radius 1 is 1.50 bits per heavy atom. The van der Waals surface area contributed by atoms with Crippen molar-refractivity contribution in [3.05, 3.63) is 28.8 Å². The van der Waals surface area contributed by atoms with Crippen LogP contribution in [-0.4, -0.2) is 12.0 Å². The number of rotatable bonds is 0. The number of thiocarbonyl (C=S) groups is 1. The number of anilines is 1. The van der Waals surface area contributed by atoms with E-state index in [2.05, 4.69) is 0 Å². The molecule has 0 saturated carbocycles. The van der Waals surface area contributed by atoms with E-state index in [1.165, 1.54) is 11.3 Å². The molecule has 12 heavy (non-hydrogen) atoms. The number of benzene rings is 1. The van der Waals surface area contributed by atoms with Crippen molar-refractivity contribution in [3.63, 3.8) is 0 Å². The average molecular weight is 198 g/mol. The van der Waals surface area contributed by atoms with Crippen molar-refractivity contribution >= 4 is 34.5 Å². The van der Waals surface area contributed by atoms with Gasteiger partial charge < -0.3 is 4.90 Å². The third-order valence-electron chi connectivity index (χ3n) is 2.12. The molecule has 1 nitrogen and oxygen atoms in total. The summed E-state index contributed by atoms with van der Waals surface area (Å²) in [6.07, 6.45) is 0.849. The molecule has 0 aromatic heterocycles. The summed E-state index contributed by atoms with van der Waals surface area (Å²) in [7, 11) is 1.99. The molecule has 0 amide bonds. The molecule has 0 spiro atoms. The van der Waals surface area contributed by atoms with Crippen LogP contribution in [0, 0.1) is 0 Å². The molecule has 0 radical (unpaired) electrons. The van der Waals surface area contributed by atoms with E-state index >= 15 is 0 Å². The summed E-state index contributed by atoms with van der Waals surface area (Å²) < 4.78 is 0. The van der Waals surface area contributed by atoms with E-state index in [9.17, 15) is 0 Å². The zero-order valence-electron chi connectivity index (χ0n) is 6.67. The quantitative estimate of drug-likeness (QED) is 0.589. The molecule has 0 saturated heterocycles. The van der Waals surface area contributed by atoms with Crippen molar-refractivity contribution in [3.8, 4) is 0 Å². The number of likely N-dealkylation sites (N-methyl/N-ethyl adjacent to an activating group) is 1. The van der Waals surface area contributed by atoms with Gasteiger partial charge in [0, 0.05) is 24.2 Å². The van der Waals surface area contributed by atoms with Crippen molar-refractivity contribution in [1.82, 2.24) is 0 Å². The lowest BCUT2D eigenvalue weighted by molar-refractivity contribution is 1.32. The van der Waals surface area contributed by atoms with Crippen molar-refractivity contribution in [1.29, 1.82) is 0 Å². The van der Waals surface area contributed by atoms with Crippen molar-refractivity contribution in [2.24, 2.45) is 0 Å². The van der Waals surface area contributed by atoms with Gasteiger partial charge in [-0.25, -0.2) is 0 Å². The first kappa shape index (κ1) is 8.02. The Balaban J connectivity index is 2.54. The first-order valence-corrected chi connectivity index (χ1v) is 4.52. The lowest BCUT2D eigenvalue weighted by atomic mass is 10.2. The van der Waals surface area contributed by atoms with E-state index in [1.807, 2.05) is 30.1 Å². The maximum atomic E-state index is 5.86. The van der Waals surface area contributed by atoms with Crippen LogP contribution in [0.25, 0.3) is 0 Å². The van der Waals surface area contributed by atoms with Crippen LogP contribution in [0.15, 0.2) is 18.2 Å². The molecular weight excluding hydrogens is 190 g/mol. The SMILES string of the molecule is CN1C(=S)Cc2cc(Cl)ccc21. The molecule has 0 aliphatic carbocycles. The first-order valence-electron chi connectivity index (χ1n) is 3.73. The number of hydrogen-bond donors (Lipinski definition) is 0. The Hall–Kier alpha value is -0.600. The first-order chi connectivity index (χ1) is 5.68. The number of nitrogens with zero attached hydrogens (tertiary/aromatic N) is 1. The molecule has 0 bridgehead atoms. The van der Waals surface area contributed by atoms with E-state index < -0.39 is 0 Å². The molecule has 1 aliphatic rings. The molecule has 1 aromatic carbocycles. The van der Waals surface area contributed by atoms with Crippen LogP contribution < -0.4 is 4.90 Å². The highest BCUT2D eigenvalue weighted by molar-refractivity contribution is 7.80. The van der Waals surface area contributed by atoms with Gasteiger partial charge in [0.15, 0.2) is 0 Å². The Bertz CT molecular complexity index is 348. The Morgan fingerprint density at radius 3 is 3.00 bits per heavy atom. The summed E-state index contributed by atoms with van der Waals surface area (Å²) in [5, 5.41) is 0.784. The molecule has 3 heteroatoms. The number of halogens is 1. The summed E-state index contributed by atoms with van der Waals surface area (Å²) in [5.41, 5.74) is 2.42. The second kappa shape index (κ2) is 2.71. The summed E-state index contributed by atoms with van der Waals surface area (Å²) in [6, 6.07) is 5.88. The summed E-state index contributed by atoms with van der Waals surface area (Å²) in [6.45, 7) is 0. The monoisotopic (exact) mass is 197 g/mol.